The molecule has 0 aliphatic heterocycles. The van der Waals surface area contributed by atoms with Crippen molar-refractivity contribution in [1.82, 2.24) is 10.6 Å². The number of carbonyl (C=O) groups excluding carboxylic acids is 1. The molecule has 0 aromatic heterocycles. The Bertz CT molecular complexity index is 259. The van der Waals surface area contributed by atoms with Crippen molar-refractivity contribution in [2.75, 3.05) is 26.7 Å². The second kappa shape index (κ2) is 5.68. The standard InChI is InChI=1S/C10H17F3N2O2/c1-17-9(3-2-4-9)6-15-8(16)5-14-7-10(11,12)13/h14H,2-7H2,1H3,(H,15,16). The summed E-state index contributed by atoms with van der Waals surface area (Å²) in [5.74, 6) is -0.447. The number of alkyl halides is 3. The minimum absolute atomic E-state index is 0.306. The highest BCUT2D eigenvalue weighted by molar-refractivity contribution is 5.78. The molecule has 1 rings (SSSR count). The topological polar surface area (TPSA) is 50.4 Å². The van der Waals surface area contributed by atoms with Crippen molar-refractivity contribution in [3.05, 3.63) is 0 Å². The number of hydrogen-bond acceptors (Lipinski definition) is 3. The molecule has 7 heteroatoms. The lowest BCUT2D eigenvalue weighted by Gasteiger charge is -2.40. The molecule has 0 bridgehead atoms. The van der Waals surface area contributed by atoms with E-state index in [9.17, 15) is 18.0 Å². The third kappa shape index (κ3) is 4.91. The first-order chi connectivity index (χ1) is 7.87. The molecule has 0 spiro atoms. The SMILES string of the molecule is COC1(CNC(=O)CNCC(F)(F)F)CCC1. The number of methoxy groups -OCH3 is 1. The van der Waals surface area contributed by atoms with Crippen LogP contribution >= 0.6 is 0 Å². The van der Waals surface area contributed by atoms with E-state index in [1.54, 1.807) is 7.11 Å². The van der Waals surface area contributed by atoms with Crippen LogP contribution in [0.15, 0.2) is 0 Å². The number of nitrogens with one attached hydrogen (secondary N) is 2. The van der Waals surface area contributed by atoms with Gasteiger partial charge in [-0.05, 0) is 19.3 Å². The largest absolute Gasteiger partial charge is 0.401 e. The van der Waals surface area contributed by atoms with Crippen LogP contribution in [0.25, 0.3) is 0 Å². The van der Waals surface area contributed by atoms with Gasteiger partial charge in [0.25, 0.3) is 0 Å². The average molecular weight is 254 g/mol. The molecule has 1 amide bonds. The van der Waals surface area contributed by atoms with Gasteiger partial charge in [-0.25, -0.2) is 0 Å². The van der Waals surface area contributed by atoms with E-state index in [0.717, 1.165) is 19.3 Å². The minimum atomic E-state index is -4.29. The van der Waals surface area contributed by atoms with Gasteiger partial charge in [-0.1, -0.05) is 0 Å². The molecule has 0 radical (unpaired) electrons. The second-order valence-electron chi connectivity index (χ2n) is 4.24. The van der Waals surface area contributed by atoms with Gasteiger partial charge in [-0.3, -0.25) is 4.79 Å². The Labute approximate surface area is 97.9 Å². The van der Waals surface area contributed by atoms with Gasteiger partial charge in [-0.15, -0.1) is 0 Å². The summed E-state index contributed by atoms with van der Waals surface area (Å²) in [5.41, 5.74) is -0.306. The molecule has 1 aliphatic rings. The summed E-state index contributed by atoms with van der Waals surface area (Å²) < 4.78 is 40.6. The van der Waals surface area contributed by atoms with Crippen LogP contribution in [0.5, 0.6) is 0 Å². The molecular weight excluding hydrogens is 237 g/mol. The Morgan fingerprint density at radius 1 is 1.41 bits per heavy atom. The molecule has 0 unspecified atom stereocenters. The minimum Gasteiger partial charge on any atom is -0.376 e. The molecule has 1 aliphatic carbocycles. The monoisotopic (exact) mass is 254 g/mol. The van der Waals surface area contributed by atoms with Crippen molar-refractivity contribution >= 4 is 5.91 Å². The molecule has 0 saturated heterocycles. The zero-order valence-electron chi connectivity index (χ0n) is 9.69. The zero-order chi connectivity index (χ0) is 12.9. The molecule has 100 valence electrons. The van der Waals surface area contributed by atoms with Crippen LogP contribution < -0.4 is 10.6 Å². The van der Waals surface area contributed by atoms with E-state index in [0.29, 0.717) is 6.54 Å². The van der Waals surface area contributed by atoms with Gasteiger partial charge < -0.3 is 15.4 Å². The van der Waals surface area contributed by atoms with Gasteiger partial charge >= 0.3 is 6.18 Å². The normalized spacial score (nSPS) is 18.6. The fourth-order valence-electron chi connectivity index (χ4n) is 1.66. The molecule has 2 N–H and O–H groups in total. The smallest absolute Gasteiger partial charge is 0.376 e. The number of rotatable bonds is 6. The van der Waals surface area contributed by atoms with Gasteiger partial charge in [0.2, 0.25) is 5.91 Å². The summed E-state index contributed by atoms with van der Waals surface area (Å²) in [6.07, 6.45) is -1.49. The summed E-state index contributed by atoms with van der Waals surface area (Å²) in [5, 5.41) is 4.61. The Morgan fingerprint density at radius 3 is 2.47 bits per heavy atom. The predicted molar refractivity (Wildman–Crippen MR) is 55.5 cm³/mol. The molecule has 1 saturated carbocycles. The fourth-order valence-corrected chi connectivity index (χ4v) is 1.66. The lowest BCUT2D eigenvalue weighted by molar-refractivity contribution is -0.130. The van der Waals surface area contributed by atoms with E-state index in [1.165, 1.54) is 0 Å². The average Bonchev–Trinajstić information content (AvgIpc) is 2.14. The fraction of sp³-hybridized carbons (Fsp3) is 0.900. The third-order valence-electron chi connectivity index (χ3n) is 2.92. The summed E-state index contributed by atoms with van der Waals surface area (Å²) in [4.78, 5) is 11.2. The van der Waals surface area contributed by atoms with Crippen LogP contribution in [0.2, 0.25) is 0 Å². The van der Waals surface area contributed by atoms with Crippen molar-refractivity contribution in [3.8, 4) is 0 Å². The Morgan fingerprint density at radius 2 is 2.06 bits per heavy atom. The van der Waals surface area contributed by atoms with Crippen molar-refractivity contribution in [2.45, 2.75) is 31.0 Å². The molecule has 4 nitrogen and oxygen atoms in total. The first-order valence-corrected chi connectivity index (χ1v) is 5.46. The molecule has 17 heavy (non-hydrogen) atoms. The van der Waals surface area contributed by atoms with Gasteiger partial charge in [0.05, 0.1) is 18.7 Å². The van der Waals surface area contributed by atoms with Crippen LogP contribution in [0.1, 0.15) is 19.3 Å². The number of carbonyl (C=O) groups is 1. The lowest BCUT2D eigenvalue weighted by atomic mass is 9.80. The maximum Gasteiger partial charge on any atom is 0.401 e. The summed E-state index contributed by atoms with van der Waals surface area (Å²) in [6.45, 7) is -1.13. The number of amides is 1. The lowest BCUT2D eigenvalue weighted by Crippen LogP contribution is -2.51. The number of halogens is 3. The third-order valence-corrected chi connectivity index (χ3v) is 2.92. The molecule has 0 atom stereocenters. The first kappa shape index (κ1) is 14.2. The van der Waals surface area contributed by atoms with Crippen molar-refractivity contribution in [2.24, 2.45) is 0 Å². The van der Waals surface area contributed by atoms with E-state index >= 15 is 0 Å². The summed E-state index contributed by atoms with van der Waals surface area (Å²) in [7, 11) is 1.58. The predicted octanol–water partition coefficient (Wildman–Crippen LogP) is 0.824. The quantitative estimate of drug-likeness (QED) is 0.738. The van der Waals surface area contributed by atoms with E-state index in [4.69, 9.17) is 4.74 Å². The van der Waals surface area contributed by atoms with Crippen LogP contribution in [-0.4, -0.2) is 44.4 Å². The highest BCUT2D eigenvalue weighted by Gasteiger charge is 2.37. The Kier molecular flexibility index (Phi) is 4.76. The molecule has 0 aromatic rings. The van der Waals surface area contributed by atoms with Crippen LogP contribution in [0, 0.1) is 0 Å². The Balaban J connectivity index is 2.13. The van der Waals surface area contributed by atoms with Crippen molar-refractivity contribution in [1.29, 1.82) is 0 Å². The molecular formula is C10H17F3N2O2. The number of ether oxygens (including phenoxy) is 1. The van der Waals surface area contributed by atoms with Crippen LogP contribution in [0.4, 0.5) is 13.2 Å². The van der Waals surface area contributed by atoms with Gasteiger partial charge in [0.15, 0.2) is 0 Å². The van der Waals surface area contributed by atoms with Crippen molar-refractivity contribution < 1.29 is 22.7 Å². The molecule has 0 heterocycles. The van der Waals surface area contributed by atoms with E-state index in [1.807, 2.05) is 5.32 Å². The van der Waals surface area contributed by atoms with E-state index < -0.39 is 18.6 Å². The maximum atomic E-state index is 11.8. The van der Waals surface area contributed by atoms with Gasteiger partial charge in [0.1, 0.15) is 0 Å². The van der Waals surface area contributed by atoms with E-state index in [-0.39, 0.29) is 12.1 Å². The van der Waals surface area contributed by atoms with Gasteiger partial charge in [-0.2, -0.15) is 13.2 Å². The second-order valence-corrected chi connectivity index (χ2v) is 4.24. The van der Waals surface area contributed by atoms with Crippen molar-refractivity contribution in [3.63, 3.8) is 0 Å². The number of hydrogen-bond donors (Lipinski definition) is 2. The maximum absolute atomic E-state index is 11.8. The Hall–Kier alpha value is -0.820. The molecule has 1 fully saturated rings. The summed E-state index contributed by atoms with van der Waals surface area (Å²) in [6, 6.07) is 0. The zero-order valence-corrected chi connectivity index (χ0v) is 9.69. The first-order valence-electron chi connectivity index (χ1n) is 5.46. The summed E-state index contributed by atoms with van der Waals surface area (Å²) >= 11 is 0. The van der Waals surface area contributed by atoms with Crippen LogP contribution in [0.3, 0.4) is 0 Å². The molecule has 0 aromatic carbocycles. The van der Waals surface area contributed by atoms with Gasteiger partial charge in [0, 0.05) is 13.7 Å². The van der Waals surface area contributed by atoms with E-state index in [2.05, 4.69) is 5.32 Å². The van der Waals surface area contributed by atoms with Crippen LogP contribution in [-0.2, 0) is 9.53 Å². The highest BCUT2D eigenvalue weighted by Crippen LogP contribution is 2.34. The highest BCUT2D eigenvalue weighted by atomic mass is 19.4.